The molecule has 0 bridgehead atoms. The summed E-state index contributed by atoms with van der Waals surface area (Å²) in [6.07, 6.45) is 1.49. The predicted octanol–water partition coefficient (Wildman–Crippen LogP) is 5.01. The van der Waals surface area contributed by atoms with Crippen LogP contribution in [0.1, 0.15) is 45.3 Å². The highest BCUT2D eigenvalue weighted by Gasteiger charge is 2.32. The first-order chi connectivity index (χ1) is 15.3. The van der Waals surface area contributed by atoms with Gasteiger partial charge in [0.1, 0.15) is 23.9 Å². The summed E-state index contributed by atoms with van der Waals surface area (Å²) in [5.41, 5.74) is 9.29. The number of likely N-dealkylation sites (tertiary alicyclic amines) is 1. The number of aromatic nitrogens is 2. The SMILES string of the molecule is Cc1ccc(N[N+]#CC=N)c(C=O)c1.Cc1ccc2[nH]c(C3CC(F)CN3C)nc2c1C. The molecule has 0 aliphatic carbocycles. The summed E-state index contributed by atoms with van der Waals surface area (Å²) in [6.45, 7) is 6.57. The maximum Gasteiger partial charge on any atom is 0.369 e. The Labute approximate surface area is 187 Å². The number of fused-ring (bicyclic) bond motifs is 1. The van der Waals surface area contributed by atoms with Crippen LogP contribution in [0.4, 0.5) is 10.1 Å². The van der Waals surface area contributed by atoms with Crippen molar-refractivity contribution in [2.45, 2.75) is 39.4 Å². The molecule has 2 unspecified atom stereocenters. The van der Waals surface area contributed by atoms with Crippen LogP contribution >= 0.6 is 0 Å². The van der Waals surface area contributed by atoms with Crippen molar-refractivity contribution in [1.82, 2.24) is 14.9 Å². The van der Waals surface area contributed by atoms with Crippen LogP contribution in [0.15, 0.2) is 30.3 Å². The number of nitrogens with one attached hydrogen (secondary N) is 3. The van der Waals surface area contributed by atoms with Gasteiger partial charge in [0.2, 0.25) is 0 Å². The van der Waals surface area contributed by atoms with Gasteiger partial charge in [-0.3, -0.25) is 15.1 Å². The Bertz CT molecular complexity index is 1190. The van der Waals surface area contributed by atoms with Crippen molar-refractivity contribution in [1.29, 1.82) is 5.41 Å². The zero-order chi connectivity index (χ0) is 23.3. The van der Waals surface area contributed by atoms with Gasteiger partial charge in [-0.25, -0.2) is 9.37 Å². The number of aromatic amines is 1. The smallest absolute Gasteiger partial charge is 0.341 e. The Kier molecular flexibility index (Phi) is 7.33. The number of carbonyl (C=O) groups is 1. The van der Waals surface area contributed by atoms with Gasteiger partial charge in [-0.2, -0.15) is 0 Å². The normalized spacial score (nSPS) is 17.8. The second-order valence-corrected chi connectivity index (χ2v) is 8.02. The highest BCUT2D eigenvalue weighted by atomic mass is 19.1. The number of halogens is 1. The van der Waals surface area contributed by atoms with Crippen LogP contribution in [0.3, 0.4) is 0 Å². The number of aryl methyl sites for hydroxylation is 3. The standard InChI is InChI=1S/C14H18FN3.C10H9N3O/c1-8-4-5-11-13(9(8)2)17-14(16-11)12-6-10(15)7-18(12)3;1-8-2-3-10(9(6-8)7-14)13-12-5-4-11/h4-5,10,12H,6-7H2,1-3H3,(H,16,17);2-4,6-7H,1H3,(H-,11,13,14)/p+1. The summed E-state index contributed by atoms with van der Waals surface area (Å²) in [7, 11) is 1.95. The van der Waals surface area contributed by atoms with Crippen molar-refractivity contribution in [2.75, 3.05) is 19.0 Å². The molecule has 2 heterocycles. The summed E-state index contributed by atoms with van der Waals surface area (Å²) in [4.78, 5) is 24.3. The van der Waals surface area contributed by atoms with E-state index in [0.717, 1.165) is 34.9 Å². The average molecular weight is 436 g/mol. The molecular formula is C24H28FN6O+. The lowest BCUT2D eigenvalue weighted by atomic mass is 10.1. The second kappa shape index (κ2) is 10.2. The van der Waals surface area contributed by atoms with E-state index in [1.165, 1.54) is 11.1 Å². The van der Waals surface area contributed by atoms with E-state index in [0.29, 0.717) is 24.2 Å². The summed E-state index contributed by atoms with van der Waals surface area (Å²) in [5, 5.41) is 6.66. The van der Waals surface area contributed by atoms with Crippen molar-refractivity contribution in [3.63, 3.8) is 0 Å². The number of hydrogen-bond acceptors (Lipinski definition) is 5. The topological polar surface area (TPSA) is 89.2 Å². The van der Waals surface area contributed by atoms with E-state index >= 15 is 0 Å². The van der Waals surface area contributed by atoms with Crippen LogP contribution in [-0.2, 0) is 0 Å². The summed E-state index contributed by atoms with van der Waals surface area (Å²) >= 11 is 0. The quantitative estimate of drug-likeness (QED) is 0.306. The fourth-order valence-electron chi connectivity index (χ4n) is 3.75. The van der Waals surface area contributed by atoms with E-state index < -0.39 is 6.17 Å². The highest BCUT2D eigenvalue weighted by Crippen LogP contribution is 2.32. The van der Waals surface area contributed by atoms with Crippen LogP contribution in [0.2, 0.25) is 0 Å². The lowest BCUT2D eigenvalue weighted by Gasteiger charge is -2.15. The summed E-state index contributed by atoms with van der Waals surface area (Å²) in [6, 6.07) is 11.9. The molecule has 7 nitrogen and oxygen atoms in total. The molecule has 3 N–H and O–H groups in total. The zero-order valence-electron chi connectivity index (χ0n) is 18.7. The molecule has 4 rings (SSSR count). The Hall–Kier alpha value is -3.57. The third-order valence-corrected chi connectivity index (χ3v) is 5.65. The molecule has 32 heavy (non-hydrogen) atoms. The monoisotopic (exact) mass is 435 g/mol. The molecule has 0 amide bonds. The van der Waals surface area contributed by atoms with Gasteiger partial charge in [0.15, 0.2) is 6.29 Å². The Morgan fingerprint density at radius 2 is 2.09 bits per heavy atom. The van der Waals surface area contributed by atoms with Gasteiger partial charge < -0.3 is 4.98 Å². The fourth-order valence-corrected chi connectivity index (χ4v) is 3.75. The van der Waals surface area contributed by atoms with Crippen LogP contribution in [0.25, 0.3) is 16.0 Å². The van der Waals surface area contributed by atoms with E-state index in [2.05, 4.69) is 52.4 Å². The molecule has 2 aromatic carbocycles. The van der Waals surface area contributed by atoms with Crippen LogP contribution in [0.5, 0.6) is 0 Å². The number of nitrogens with zero attached hydrogens (tertiary/aromatic N) is 3. The number of benzene rings is 2. The average Bonchev–Trinajstić information content (AvgIpc) is 3.35. The summed E-state index contributed by atoms with van der Waals surface area (Å²) in [5.74, 6) is 0.890. The molecule has 3 aromatic rings. The number of anilines is 1. The predicted molar refractivity (Wildman–Crippen MR) is 127 cm³/mol. The molecule has 1 aliphatic rings. The minimum Gasteiger partial charge on any atom is -0.341 e. The molecule has 8 heteroatoms. The third kappa shape index (κ3) is 5.18. The minimum atomic E-state index is -0.740. The molecule has 0 spiro atoms. The largest absolute Gasteiger partial charge is 0.369 e. The first kappa shape index (κ1) is 23.1. The molecule has 1 aliphatic heterocycles. The molecular weight excluding hydrogens is 407 g/mol. The van der Waals surface area contributed by atoms with Crippen molar-refractivity contribution < 1.29 is 9.18 Å². The van der Waals surface area contributed by atoms with Gasteiger partial charge in [0.05, 0.1) is 22.0 Å². The van der Waals surface area contributed by atoms with Crippen LogP contribution in [-0.4, -0.2) is 47.1 Å². The van der Waals surface area contributed by atoms with Gasteiger partial charge in [-0.15, -0.1) is 0 Å². The van der Waals surface area contributed by atoms with Gasteiger partial charge in [-0.05, 0) is 62.6 Å². The fraction of sp³-hybridized carbons (Fsp3) is 0.333. The van der Waals surface area contributed by atoms with E-state index in [9.17, 15) is 9.18 Å². The number of rotatable bonds is 3. The van der Waals surface area contributed by atoms with Gasteiger partial charge in [0, 0.05) is 18.5 Å². The molecule has 1 aromatic heterocycles. The minimum absolute atomic E-state index is 0.0760. The number of hydrogen-bond donors (Lipinski definition) is 3. The number of imidazole rings is 1. The first-order valence-electron chi connectivity index (χ1n) is 10.4. The van der Waals surface area contributed by atoms with Crippen LogP contribution < -0.4 is 5.43 Å². The van der Waals surface area contributed by atoms with E-state index in [1.54, 1.807) is 12.1 Å². The molecule has 1 fully saturated rings. The number of carbonyl (C=O) groups excluding carboxylic acids is 1. The number of alkyl halides is 1. The van der Waals surface area contributed by atoms with Gasteiger partial charge >= 0.3 is 6.07 Å². The zero-order valence-corrected chi connectivity index (χ0v) is 18.7. The van der Waals surface area contributed by atoms with E-state index in [4.69, 9.17) is 5.41 Å². The maximum absolute atomic E-state index is 13.4. The maximum atomic E-state index is 13.4. The highest BCUT2D eigenvalue weighted by molar-refractivity contribution is 5.85. The number of aldehydes is 1. The first-order valence-corrected chi connectivity index (χ1v) is 10.4. The lowest BCUT2D eigenvalue weighted by molar-refractivity contribution is 0.112. The van der Waals surface area contributed by atoms with Crippen molar-refractivity contribution in [3.8, 4) is 6.07 Å². The molecule has 2 atom stereocenters. The number of H-pyrrole nitrogens is 1. The van der Waals surface area contributed by atoms with Crippen molar-refractivity contribution in [2.24, 2.45) is 0 Å². The van der Waals surface area contributed by atoms with Crippen molar-refractivity contribution in [3.05, 3.63) is 63.4 Å². The third-order valence-electron chi connectivity index (χ3n) is 5.65. The summed E-state index contributed by atoms with van der Waals surface area (Å²) < 4.78 is 13.4. The van der Waals surface area contributed by atoms with E-state index in [-0.39, 0.29) is 6.04 Å². The molecule has 166 valence electrons. The second-order valence-electron chi connectivity index (χ2n) is 8.02. The van der Waals surface area contributed by atoms with Gasteiger partial charge in [0.25, 0.3) is 0 Å². The van der Waals surface area contributed by atoms with Crippen LogP contribution in [0, 0.1) is 32.2 Å². The van der Waals surface area contributed by atoms with Crippen molar-refractivity contribution >= 4 is 29.2 Å². The Balaban J connectivity index is 0.000000188. The molecule has 0 radical (unpaired) electrons. The molecule has 1 saturated heterocycles. The lowest BCUT2D eigenvalue weighted by Crippen LogP contribution is -2.19. The Morgan fingerprint density at radius 1 is 1.31 bits per heavy atom. The molecule has 0 saturated carbocycles. The van der Waals surface area contributed by atoms with E-state index in [1.807, 2.05) is 24.9 Å². The van der Waals surface area contributed by atoms with Gasteiger partial charge in [-0.1, -0.05) is 17.7 Å². The Morgan fingerprint density at radius 3 is 2.75 bits per heavy atom.